The highest BCUT2D eigenvalue weighted by atomic mass is 16.4. The van der Waals surface area contributed by atoms with Crippen LogP contribution in [-0.4, -0.2) is 11.1 Å². The van der Waals surface area contributed by atoms with Gasteiger partial charge in [0.2, 0.25) is 0 Å². The lowest BCUT2D eigenvalue weighted by Crippen LogP contribution is -2.05. The summed E-state index contributed by atoms with van der Waals surface area (Å²) in [5.74, 6) is -0.929. The first-order valence-corrected chi connectivity index (χ1v) is 7.57. The molecule has 0 saturated heterocycles. The highest BCUT2D eigenvalue weighted by Gasteiger charge is 2.12. The largest absolute Gasteiger partial charge is 0.478 e. The number of carboxylic acids is 1. The maximum Gasteiger partial charge on any atom is 0.336 e. The van der Waals surface area contributed by atoms with E-state index >= 15 is 0 Å². The van der Waals surface area contributed by atoms with E-state index in [0.29, 0.717) is 6.42 Å². The maximum absolute atomic E-state index is 11.5. The van der Waals surface area contributed by atoms with Gasteiger partial charge in [0.05, 0.1) is 5.56 Å². The summed E-state index contributed by atoms with van der Waals surface area (Å²) in [7, 11) is 0. The molecule has 0 bridgehead atoms. The Balaban J connectivity index is 1.91. The Morgan fingerprint density at radius 3 is 1.96 bits per heavy atom. The van der Waals surface area contributed by atoms with E-state index in [1.54, 1.807) is 6.07 Å². The Bertz CT molecular complexity index is 793. The van der Waals surface area contributed by atoms with Crippen molar-refractivity contribution in [2.45, 2.75) is 12.8 Å². The molecule has 2 heteroatoms. The lowest BCUT2D eigenvalue weighted by Gasteiger charge is -2.09. The molecule has 1 radical (unpaired) electrons. The van der Waals surface area contributed by atoms with Gasteiger partial charge in [-0.2, -0.15) is 0 Å². The first kappa shape index (κ1) is 15.0. The molecule has 2 nitrogen and oxygen atoms in total. The lowest BCUT2D eigenvalue weighted by atomic mass is 9.95. The molecule has 3 aromatic carbocycles. The summed E-state index contributed by atoms with van der Waals surface area (Å²) in [4.78, 5) is 11.5. The third-order valence-corrected chi connectivity index (χ3v) is 3.78. The van der Waals surface area contributed by atoms with Crippen molar-refractivity contribution >= 4 is 5.97 Å². The van der Waals surface area contributed by atoms with Crippen LogP contribution in [0.3, 0.4) is 0 Å². The predicted molar refractivity (Wildman–Crippen MR) is 90.7 cm³/mol. The minimum absolute atomic E-state index is 0.255. The molecule has 0 spiro atoms. The van der Waals surface area contributed by atoms with Gasteiger partial charge >= 0.3 is 5.97 Å². The maximum atomic E-state index is 11.5. The van der Waals surface area contributed by atoms with E-state index < -0.39 is 5.97 Å². The minimum atomic E-state index is -0.929. The molecule has 113 valence electrons. The number of carboxylic acid groups (broad SMARTS) is 1. The smallest absolute Gasteiger partial charge is 0.336 e. The molecule has 1 N–H and O–H groups in total. The summed E-state index contributed by atoms with van der Waals surface area (Å²) < 4.78 is 0. The number of hydrogen-bond donors (Lipinski definition) is 1. The van der Waals surface area contributed by atoms with Gasteiger partial charge in [-0.3, -0.25) is 0 Å². The second kappa shape index (κ2) is 6.93. The summed E-state index contributed by atoms with van der Waals surface area (Å²) in [6.45, 7) is 0. The summed E-state index contributed by atoms with van der Waals surface area (Å²) in [6.07, 6.45) is 1.38. The van der Waals surface area contributed by atoms with E-state index in [2.05, 4.69) is 18.2 Å². The van der Waals surface area contributed by atoms with Crippen LogP contribution in [0.25, 0.3) is 0 Å². The van der Waals surface area contributed by atoms with Gasteiger partial charge in [0.25, 0.3) is 0 Å². The summed E-state index contributed by atoms with van der Waals surface area (Å²) in [5, 5.41) is 9.39. The van der Waals surface area contributed by atoms with Crippen molar-refractivity contribution in [2.75, 3.05) is 0 Å². The van der Waals surface area contributed by atoms with E-state index in [1.165, 1.54) is 5.56 Å². The van der Waals surface area contributed by atoms with Crippen LogP contribution in [0.5, 0.6) is 0 Å². The molecule has 0 atom stereocenters. The molecule has 0 saturated carbocycles. The van der Waals surface area contributed by atoms with E-state index in [4.69, 9.17) is 0 Å². The van der Waals surface area contributed by atoms with Gasteiger partial charge in [0.15, 0.2) is 0 Å². The highest BCUT2D eigenvalue weighted by molar-refractivity contribution is 5.89. The average Bonchev–Trinajstić information content (AvgIpc) is 2.57. The number of carbonyl (C=O) groups is 1. The van der Waals surface area contributed by atoms with E-state index in [-0.39, 0.29) is 5.56 Å². The molecule has 0 aliphatic carbocycles. The Morgan fingerprint density at radius 1 is 0.826 bits per heavy atom. The molecular weight excluding hydrogens is 284 g/mol. The highest BCUT2D eigenvalue weighted by Crippen LogP contribution is 2.18. The molecule has 0 heterocycles. The fraction of sp³-hybridized carbons (Fsp3) is 0.0952. The van der Waals surface area contributed by atoms with Crippen molar-refractivity contribution in [2.24, 2.45) is 0 Å². The van der Waals surface area contributed by atoms with E-state index in [0.717, 1.165) is 23.1 Å². The second-order valence-corrected chi connectivity index (χ2v) is 5.54. The molecule has 3 aromatic rings. The van der Waals surface area contributed by atoms with Crippen LogP contribution < -0.4 is 0 Å². The fourth-order valence-electron chi connectivity index (χ4n) is 2.68. The molecule has 23 heavy (non-hydrogen) atoms. The minimum Gasteiger partial charge on any atom is -0.478 e. The molecule has 0 aliphatic heterocycles. The van der Waals surface area contributed by atoms with Crippen molar-refractivity contribution in [1.82, 2.24) is 0 Å². The first-order chi connectivity index (χ1) is 11.2. The van der Waals surface area contributed by atoms with Gasteiger partial charge in [-0.1, -0.05) is 66.7 Å². The molecular formula is C21H17O2. The second-order valence-electron chi connectivity index (χ2n) is 5.54. The van der Waals surface area contributed by atoms with Gasteiger partial charge in [0, 0.05) is 0 Å². The van der Waals surface area contributed by atoms with E-state index in [9.17, 15) is 9.90 Å². The van der Waals surface area contributed by atoms with Crippen LogP contribution in [0.2, 0.25) is 0 Å². The lowest BCUT2D eigenvalue weighted by molar-refractivity contribution is 0.0695. The van der Waals surface area contributed by atoms with Gasteiger partial charge in [-0.15, -0.1) is 0 Å². The quantitative estimate of drug-likeness (QED) is 0.760. The zero-order valence-corrected chi connectivity index (χ0v) is 12.7. The van der Waals surface area contributed by atoms with Crippen LogP contribution in [0, 0.1) is 6.07 Å². The number of aromatic carboxylic acids is 1. The summed E-state index contributed by atoms with van der Waals surface area (Å²) in [5.41, 5.74) is 4.44. The van der Waals surface area contributed by atoms with Crippen molar-refractivity contribution < 1.29 is 9.90 Å². The SMILES string of the molecule is O=C(O)c1[c]cc(Cc2ccccc2)cc1Cc1ccccc1. The Morgan fingerprint density at radius 2 is 1.39 bits per heavy atom. The Hall–Kier alpha value is -2.87. The van der Waals surface area contributed by atoms with Gasteiger partial charge in [0.1, 0.15) is 0 Å². The van der Waals surface area contributed by atoms with Gasteiger partial charge < -0.3 is 5.11 Å². The van der Waals surface area contributed by atoms with Crippen molar-refractivity contribution in [3.63, 3.8) is 0 Å². The third kappa shape index (κ3) is 3.86. The molecule has 0 aromatic heterocycles. The fourth-order valence-corrected chi connectivity index (χ4v) is 2.68. The standard InChI is InChI=1S/C21H17O2/c22-21(23)20-12-11-18(13-16-7-3-1-4-8-16)15-19(20)14-17-9-5-2-6-10-17/h1-11,15H,13-14H2,(H,22,23). The number of rotatable bonds is 5. The molecule has 0 unspecified atom stereocenters. The third-order valence-electron chi connectivity index (χ3n) is 3.78. The van der Waals surface area contributed by atoms with Crippen molar-refractivity contribution in [3.8, 4) is 0 Å². The Labute approximate surface area is 136 Å². The van der Waals surface area contributed by atoms with Crippen LogP contribution in [0.4, 0.5) is 0 Å². The molecule has 0 aliphatic rings. The monoisotopic (exact) mass is 301 g/mol. The van der Waals surface area contributed by atoms with Gasteiger partial charge in [-0.25, -0.2) is 4.79 Å². The Kier molecular flexibility index (Phi) is 4.53. The van der Waals surface area contributed by atoms with Crippen molar-refractivity contribution in [1.29, 1.82) is 0 Å². The molecule has 3 rings (SSSR count). The number of benzene rings is 3. The zero-order chi connectivity index (χ0) is 16.1. The van der Waals surface area contributed by atoms with Crippen LogP contribution in [0.15, 0.2) is 72.8 Å². The van der Waals surface area contributed by atoms with Crippen LogP contribution >= 0.6 is 0 Å². The zero-order valence-electron chi connectivity index (χ0n) is 12.7. The summed E-state index contributed by atoms with van der Waals surface area (Å²) >= 11 is 0. The van der Waals surface area contributed by atoms with Crippen LogP contribution in [-0.2, 0) is 12.8 Å². The summed E-state index contributed by atoms with van der Waals surface area (Å²) in [6, 6.07) is 26.8. The normalized spacial score (nSPS) is 10.4. The number of hydrogen-bond acceptors (Lipinski definition) is 1. The molecule has 0 amide bonds. The van der Waals surface area contributed by atoms with Crippen molar-refractivity contribution in [3.05, 3.63) is 107 Å². The topological polar surface area (TPSA) is 37.3 Å². The van der Waals surface area contributed by atoms with Gasteiger partial charge in [-0.05, 0) is 47.2 Å². The van der Waals surface area contributed by atoms with E-state index in [1.807, 2.05) is 54.6 Å². The first-order valence-electron chi connectivity index (χ1n) is 7.57. The predicted octanol–water partition coefficient (Wildman–Crippen LogP) is 4.37. The average molecular weight is 301 g/mol. The van der Waals surface area contributed by atoms with Crippen LogP contribution in [0.1, 0.15) is 32.6 Å². The molecule has 0 fully saturated rings.